The molecule has 1 atom stereocenters. The van der Waals surface area contributed by atoms with Crippen molar-refractivity contribution in [1.82, 2.24) is 4.90 Å². The molecular formula is C18H21ClN2O4. The van der Waals surface area contributed by atoms with Gasteiger partial charge < -0.3 is 14.9 Å². The van der Waals surface area contributed by atoms with Crippen LogP contribution in [-0.2, 0) is 14.4 Å². The van der Waals surface area contributed by atoms with Crippen molar-refractivity contribution in [1.29, 1.82) is 0 Å². The monoisotopic (exact) mass is 364 g/mol. The van der Waals surface area contributed by atoms with Crippen LogP contribution in [0.1, 0.15) is 24.8 Å². The average Bonchev–Trinajstić information content (AvgIpc) is 3.22. The number of hydrogen-bond donors (Lipinski definition) is 1. The Bertz CT molecular complexity index is 687. The van der Waals surface area contributed by atoms with Crippen LogP contribution in [0.4, 0.5) is 5.69 Å². The molecular weight excluding hydrogens is 344 g/mol. The van der Waals surface area contributed by atoms with Gasteiger partial charge in [-0.3, -0.25) is 14.4 Å². The first kappa shape index (κ1) is 19.0. The van der Waals surface area contributed by atoms with Crippen LogP contribution in [0.25, 0.3) is 6.08 Å². The van der Waals surface area contributed by atoms with Crippen molar-refractivity contribution in [3.8, 4) is 0 Å². The second-order valence-electron chi connectivity index (χ2n) is 6.18. The Morgan fingerprint density at radius 1 is 1.16 bits per heavy atom. The number of carbonyl (C=O) groups is 3. The quantitative estimate of drug-likeness (QED) is 0.831. The average molecular weight is 365 g/mol. The molecule has 2 saturated heterocycles. The van der Waals surface area contributed by atoms with E-state index in [-0.39, 0.29) is 30.8 Å². The summed E-state index contributed by atoms with van der Waals surface area (Å²) in [7, 11) is 0. The zero-order valence-electron chi connectivity index (χ0n) is 13.8. The normalized spacial score (nSPS) is 20.2. The summed E-state index contributed by atoms with van der Waals surface area (Å²) in [5.74, 6) is -1.33. The standard InChI is InChI=1S/C18H20N2O4.ClH/c21-16(19-11-9-14(12-19)18(23)24)8-5-13-3-6-15(7-4-13)20-10-1-2-17(20)22;/h3-8,14H,1-2,9-12H2,(H,23,24);1H/b8-5+;. The molecule has 7 heteroatoms. The van der Waals surface area contributed by atoms with Crippen molar-refractivity contribution < 1.29 is 19.5 Å². The Balaban J connectivity index is 0.00000225. The van der Waals surface area contributed by atoms with Crippen LogP contribution < -0.4 is 4.90 Å². The summed E-state index contributed by atoms with van der Waals surface area (Å²) in [5.41, 5.74) is 1.75. The second kappa shape index (κ2) is 8.16. The van der Waals surface area contributed by atoms with Crippen molar-refractivity contribution in [2.45, 2.75) is 19.3 Å². The lowest BCUT2D eigenvalue weighted by atomic mass is 10.1. The third-order valence-electron chi connectivity index (χ3n) is 4.55. The van der Waals surface area contributed by atoms with E-state index < -0.39 is 11.9 Å². The number of rotatable bonds is 4. The molecule has 1 unspecified atom stereocenters. The first-order valence-electron chi connectivity index (χ1n) is 8.15. The molecule has 0 bridgehead atoms. The van der Waals surface area contributed by atoms with E-state index in [0.29, 0.717) is 19.4 Å². The zero-order chi connectivity index (χ0) is 17.1. The molecule has 0 spiro atoms. The summed E-state index contributed by atoms with van der Waals surface area (Å²) in [6, 6.07) is 7.50. The highest BCUT2D eigenvalue weighted by molar-refractivity contribution is 5.95. The highest BCUT2D eigenvalue weighted by Crippen LogP contribution is 2.22. The maximum Gasteiger partial charge on any atom is 0.308 e. The van der Waals surface area contributed by atoms with Crippen LogP contribution in [0.3, 0.4) is 0 Å². The zero-order valence-corrected chi connectivity index (χ0v) is 14.6. The van der Waals surface area contributed by atoms with Crippen molar-refractivity contribution in [2.75, 3.05) is 24.5 Å². The predicted molar refractivity (Wildman–Crippen MR) is 96.6 cm³/mol. The van der Waals surface area contributed by atoms with Crippen LogP contribution in [0.15, 0.2) is 30.3 Å². The molecule has 0 radical (unpaired) electrons. The number of carbonyl (C=O) groups excluding carboxylic acids is 2. The maximum atomic E-state index is 12.1. The number of benzene rings is 1. The fourth-order valence-electron chi connectivity index (χ4n) is 3.12. The predicted octanol–water partition coefficient (Wildman–Crippen LogP) is 2.18. The first-order chi connectivity index (χ1) is 11.5. The van der Waals surface area contributed by atoms with Crippen molar-refractivity contribution in [2.24, 2.45) is 5.92 Å². The fraction of sp³-hybridized carbons (Fsp3) is 0.389. The fourth-order valence-corrected chi connectivity index (χ4v) is 3.12. The van der Waals surface area contributed by atoms with Gasteiger partial charge in [0.15, 0.2) is 0 Å². The third-order valence-corrected chi connectivity index (χ3v) is 4.55. The molecule has 0 saturated carbocycles. The second-order valence-corrected chi connectivity index (χ2v) is 6.18. The van der Waals surface area contributed by atoms with Crippen molar-refractivity contribution in [3.05, 3.63) is 35.9 Å². The summed E-state index contributed by atoms with van der Waals surface area (Å²) >= 11 is 0. The summed E-state index contributed by atoms with van der Waals surface area (Å²) in [5, 5.41) is 8.97. The lowest BCUT2D eigenvalue weighted by Gasteiger charge is -2.15. The largest absolute Gasteiger partial charge is 0.481 e. The Morgan fingerprint density at radius 3 is 2.44 bits per heavy atom. The molecule has 1 aromatic carbocycles. The smallest absolute Gasteiger partial charge is 0.308 e. The van der Waals surface area contributed by atoms with Gasteiger partial charge in [-0.15, -0.1) is 12.4 Å². The molecule has 2 amide bonds. The molecule has 2 aliphatic heterocycles. The van der Waals surface area contributed by atoms with Crippen molar-refractivity contribution in [3.63, 3.8) is 0 Å². The molecule has 6 nitrogen and oxygen atoms in total. The van der Waals surface area contributed by atoms with Crippen LogP contribution in [-0.4, -0.2) is 47.4 Å². The molecule has 1 N–H and O–H groups in total. The van der Waals surface area contributed by atoms with E-state index in [9.17, 15) is 14.4 Å². The van der Waals surface area contributed by atoms with E-state index in [0.717, 1.165) is 24.2 Å². The van der Waals surface area contributed by atoms with Gasteiger partial charge in [0.2, 0.25) is 11.8 Å². The SMILES string of the molecule is Cl.O=C(O)C1CCN(C(=O)/C=C/c2ccc(N3CCCC3=O)cc2)C1. The lowest BCUT2D eigenvalue weighted by Crippen LogP contribution is -2.28. The summed E-state index contributed by atoms with van der Waals surface area (Å²) in [6.07, 6.45) is 5.19. The van der Waals surface area contributed by atoms with E-state index in [4.69, 9.17) is 5.11 Å². The molecule has 134 valence electrons. The summed E-state index contributed by atoms with van der Waals surface area (Å²) in [4.78, 5) is 38.1. The highest BCUT2D eigenvalue weighted by Gasteiger charge is 2.29. The molecule has 2 heterocycles. The third kappa shape index (κ3) is 4.39. The van der Waals surface area contributed by atoms with Crippen molar-refractivity contribution >= 4 is 42.0 Å². The number of hydrogen-bond acceptors (Lipinski definition) is 3. The van der Waals surface area contributed by atoms with Gasteiger partial charge >= 0.3 is 5.97 Å². The topological polar surface area (TPSA) is 77.9 Å². The minimum atomic E-state index is -0.846. The number of carboxylic acids is 1. The summed E-state index contributed by atoms with van der Waals surface area (Å²) < 4.78 is 0. The van der Waals surface area contributed by atoms with Gasteiger partial charge in [-0.25, -0.2) is 0 Å². The van der Waals surface area contributed by atoms with E-state index in [1.165, 1.54) is 6.08 Å². The molecule has 2 aliphatic rings. The number of halogens is 1. The van der Waals surface area contributed by atoms with Gasteiger partial charge in [0, 0.05) is 37.8 Å². The van der Waals surface area contributed by atoms with E-state index >= 15 is 0 Å². The first-order valence-corrected chi connectivity index (χ1v) is 8.15. The van der Waals surface area contributed by atoms with Gasteiger partial charge in [-0.2, -0.15) is 0 Å². The van der Waals surface area contributed by atoms with Crippen LogP contribution >= 0.6 is 12.4 Å². The molecule has 3 rings (SSSR count). The Labute approximate surface area is 152 Å². The van der Waals surface area contributed by atoms with Gasteiger partial charge in [-0.1, -0.05) is 12.1 Å². The summed E-state index contributed by atoms with van der Waals surface area (Å²) in [6.45, 7) is 1.51. The van der Waals surface area contributed by atoms with Gasteiger partial charge in [-0.05, 0) is 36.6 Å². The van der Waals surface area contributed by atoms with E-state index in [1.54, 1.807) is 15.9 Å². The number of likely N-dealkylation sites (tertiary alicyclic amines) is 1. The van der Waals surface area contributed by atoms with Crippen LogP contribution in [0.2, 0.25) is 0 Å². The number of aliphatic carboxylic acids is 1. The van der Waals surface area contributed by atoms with Gasteiger partial charge in [0.1, 0.15) is 0 Å². The molecule has 2 fully saturated rings. The van der Waals surface area contributed by atoms with Crippen LogP contribution in [0, 0.1) is 5.92 Å². The number of amides is 2. The number of nitrogens with zero attached hydrogens (tertiary/aromatic N) is 2. The molecule has 25 heavy (non-hydrogen) atoms. The van der Waals surface area contributed by atoms with Gasteiger partial charge in [0.05, 0.1) is 5.92 Å². The van der Waals surface area contributed by atoms with Gasteiger partial charge in [0.25, 0.3) is 0 Å². The van der Waals surface area contributed by atoms with E-state index in [2.05, 4.69) is 0 Å². The Hall–Kier alpha value is -2.34. The number of anilines is 1. The maximum absolute atomic E-state index is 12.1. The highest BCUT2D eigenvalue weighted by atomic mass is 35.5. The van der Waals surface area contributed by atoms with Crippen LogP contribution in [0.5, 0.6) is 0 Å². The molecule has 1 aromatic rings. The lowest BCUT2D eigenvalue weighted by molar-refractivity contribution is -0.141. The molecule has 0 aliphatic carbocycles. The Kier molecular flexibility index (Phi) is 6.20. The van der Waals surface area contributed by atoms with E-state index in [1.807, 2.05) is 24.3 Å². The molecule has 0 aromatic heterocycles. The Morgan fingerprint density at radius 2 is 1.88 bits per heavy atom. The number of carboxylic acid groups (broad SMARTS) is 1. The minimum Gasteiger partial charge on any atom is -0.481 e. The minimum absolute atomic E-state index is 0.